The molecule has 27 heavy (non-hydrogen) atoms. The number of rotatable bonds is 4. The van der Waals surface area contributed by atoms with Crippen molar-refractivity contribution in [2.75, 3.05) is 11.1 Å². The maximum atomic E-state index is 12.8. The number of aromatic nitrogens is 2. The van der Waals surface area contributed by atoms with Crippen molar-refractivity contribution in [3.8, 4) is 11.3 Å². The van der Waals surface area contributed by atoms with Crippen LogP contribution in [0.4, 0.5) is 24.8 Å². The molecular formula is C17H14F3N5OS. The van der Waals surface area contributed by atoms with E-state index in [9.17, 15) is 18.0 Å². The molecule has 140 valence electrons. The van der Waals surface area contributed by atoms with Gasteiger partial charge < -0.3 is 16.8 Å². The van der Waals surface area contributed by atoms with Gasteiger partial charge in [0.15, 0.2) is 0 Å². The number of nitrogens with one attached hydrogen (secondary N) is 1. The van der Waals surface area contributed by atoms with E-state index in [0.717, 1.165) is 36.3 Å². The molecule has 4 rings (SSSR count). The van der Waals surface area contributed by atoms with Crippen molar-refractivity contribution in [2.24, 2.45) is 5.73 Å². The first-order valence-electron chi connectivity index (χ1n) is 8.08. The predicted molar refractivity (Wildman–Crippen MR) is 97.4 cm³/mol. The zero-order valence-corrected chi connectivity index (χ0v) is 14.6. The van der Waals surface area contributed by atoms with Crippen LogP contribution in [0.1, 0.15) is 28.1 Å². The van der Waals surface area contributed by atoms with Crippen LogP contribution in [0.15, 0.2) is 24.3 Å². The number of thiophene rings is 1. The second-order valence-corrected chi connectivity index (χ2v) is 7.28. The van der Waals surface area contributed by atoms with E-state index < -0.39 is 17.6 Å². The van der Waals surface area contributed by atoms with E-state index in [-0.39, 0.29) is 16.6 Å². The van der Waals surface area contributed by atoms with Crippen LogP contribution in [-0.4, -0.2) is 21.9 Å². The van der Waals surface area contributed by atoms with E-state index in [1.807, 2.05) is 0 Å². The molecule has 0 bridgehead atoms. The summed E-state index contributed by atoms with van der Waals surface area (Å²) in [5, 5.41) is 3.57. The zero-order valence-electron chi connectivity index (χ0n) is 13.8. The summed E-state index contributed by atoms with van der Waals surface area (Å²) in [5.74, 6) is -0.345. The maximum Gasteiger partial charge on any atom is 0.416 e. The number of nitrogens with two attached hydrogens (primary N) is 2. The number of fused-ring (bicyclic) bond motifs is 1. The number of primary amides is 1. The molecule has 2 aromatic heterocycles. The molecule has 1 amide bonds. The predicted octanol–water partition coefficient (Wildman–Crippen LogP) is 3.63. The van der Waals surface area contributed by atoms with Gasteiger partial charge in [-0.2, -0.15) is 13.2 Å². The smallest absolute Gasteiger partial charge is 0.397 e. The molecule has 3 aromatic rings. The number of carbonyl (C=O) groups is 1. The summed E-state index contributed by atoms with van der Waals surface area (Å²) in [4.78, 5) is 21.1. The number of amides is 1. The lowest BCUT2D eigenvalue weighted by Gasteiger charge is -2.10. The lowest BCUT2D eigenvalue weighted by Crippen LogP contribution is -2.10. The van der Waals surface area contributed by atoms with E-state index in [4.69, 9.17) is 11.5 Å². The summed E-state index contributed by atoms with van der Waals surface area (Å²) >= 11 is 1.04. The molecule has 1 saturated carbocycles. The summed E-state index contributed by atoms with van der Waals surface area (Å²) in [6.45, 7) is 0. The number of hydrogen-bond acceptors (Lipinski definition) is 6. The summed E-state index contributed by atoms with van der Waals surface area (Å²) in [6.07, 6.45) is -2.44. The highest BCUT2D eigenvalue weighted by Gasteiger charge is 2.30. The number of hydrogen-bond donors (Lipinski definition) is 3. The van der Waals surface area contributed by atoms with Crippen LogP contribution in [0.3, 0.4) is 0 Å². The van der Waals surface area contributed by atoms with Crippen LogP contribution in [0.25, 0.3) is 21.5 Å². The van der Waals surface area contributed by atoms with Gasteiger partial charge >= 0.3 is 6.18 Å². The number of nitrogens with zero attached hydrogens (tertiary/aromatic N) is 2. The lowest BCUT2D eigenvalue weighted by atomic mass is 10.1. The minimum absolute atomic E-state index is 0.135. The van der Waals surface area contributed by atoms with Crippen LogP contribution >= 0.6 is 11.3 Å². The molecule has 0 saturated heterocycles. The number of carbonyl (C=O) groups excluding carboxylic acids is 1. The molecule has 1 aliphatic carbocycles. The van der Waals surface area contributed by atoms with Crippen LogP contribution in [0, 0.1) is 0 Å². The summed E-state index contributed by atoms with van der Waals surface area (Å²) in [5.41, 5.74) is 11.6. The van der Waals surface area contributed by atoms with Gasteiger partial charge in [-0.3, -0.25) is 4.79 Å². The van der Waals surface area contributed by atoms with Gasteiger partial charge in [0.2, 0.25) is 5.95 Å². The third kappa shape index (κ3) is 3.27. The fraction of sp³-hybridized carbons (Fsp3) is 0.235. The number of halogens is 3. The SMILES string of the molecule is NC(=O)c1sc2nc(NC3CC3)nc(-c3ccc(C(F)(F)F)cc3)c2c1N. The Bertz CT molecular complexity index is 1040. The fourth-order valence-corrected chi connectivity index (χ4v) is 3.65. The van der Waals surface area contributed by atoms with E-state index in [1.54, 1.807) is 0 Å². The van der Waals surface area contributed by atoms with Gasteiger partial charge in [0, 0.05) is 11.6 Å². The van der Waals surface area contributed by atoms with Gasteiger partial charge in [-0.15, -0.1) is 11.3 Å². The normalized spacial score (nSPS) is 14.5. The topological polar surface area (TPSA) is 107 Å². The van der Waals surface area contributed by atoms with Crippen molar-refractivity contribution in [1.82, 2.24) is 9.97 Å². The average Bonchev–Trinajstić information content (AvgIpc) is 3.35. The standard InChI is InChI=1S/C17H14F3N5OS/c18-17(19,20)8-3-1-7(2-4-8)12-10-11(21)13(14(22)26)27-15(10)25-16(24-12)23-9-5-6-9/h1-4,9H,5-6,21H2,(H2,22,26)(H,23,24,25). The van der Waals surface area contributed by atoms with Crippen LogP contribution in [0.5, 0.6) is 0 Å². The number of nitrogen functional groups attached to an aromatic ring is 1. The molecule has 10 heteroatoms. The first kappa shape index (κ1) is 17.5. The minimum atomic E-state index is -4.43. The Morgan fingerprint density at radius 2 is 1.85 bits per heavy atom. The second-order valence-electron chi connectivity index (χ2n) is 6.28. The van der Waals surface area contributed by atoms with Gasteiger partial charge in [0.25, 0.3) is 5.91 Å². The summed E-state index contributed by atoms with van der Waals surface area (Å²) in [7, 11) is 0. The van der Waals surface area contributed by atoms with Crippen LogP contribution in [0.2, 0.25) is 0 Å². The van der Waals surface area contributed by atoms with E-state index in [2.05, 4.69) is 15.3 Å². The average molecular weight is 393 g/mol. The highest BCUT2D eigenvalue weighted by molar-refractivity contribution is 7.21. The molecule has 5 N–H and O–H groups in total. The third-order valence-corrected chi connectivity index (χ3v) is 5.32. The van der Waals surface area contributed by atoms with Gasteiger partial charge in [-0.1, -0.05) is 12.1 Å². The molecule has 1 aliphatic rings. The summed E-state index contributed by atoms with van der Waals surface area (Å²) in [6, 6.07) is 4.89. The Kier molecular flexibility index (Phi) is 3.95. The first-order valence-corrected chi connectivity index (χ1v) is 8.89. The van der Waals surface area contributed by atoms with Crippen molar-refractivity contribution in [3.05, 3.63) is 34.7 Å². The molecule has 0 atom stereocenters. The van der Waals surface area contributed by atoms with Crippen molar-refractivity contribution >= 4 is 39.1 Å². The number of anilines is 2. The van der Waals surface area contributed by atoms with E-state index in [0.29, 0.717) is 27.4 Å². The largest absolute Gasteiger partial charge is 0.416 e. The Morgan fingerprint density at radius 3 is 2.41 bits per heavy atom. The molecule has 0 aliphatic heterocycles. The number of benzene rings is 1. The molecular weight excluding hydrogens is 379 g/mol. The lowest BCUT2D eigenvalue weighted by molar-refractivity contribution is -0.137. The van der Waals surface area contributed by atoms with Gasteiger partial charge in [0.1, 0.15) is 9.71 Å². The molecule has 0 radical (unpaired) electrons. The molecule has 1 aromatic carbocycles. The van der Waals surface area contributed by atoms with E-state index in [1.165, 1.54) is 12.1 Å². The molecule has 6 nitrogen and oxygen atoms in total. The van der Waals surface area contributed by atoms with Gasteiger partial charge in [-0.25, -0.2) is 9.97 Å². The second kappa shape index (κ2) is 6.08. The Labute approximate surface area is 155 Å². The monoisotopic (exact) mass is 393 g/mol. The van der Waals surface area contributed by atoms with Crippen LogP contribution < -0.4 is 16.8 Å². The maximum absolute atomic E-state index is 12.8. The summed E-state index contributed by atoms with van der Waals surface area (Å²) < 4.78 is 38.5. The molecule has 0 spiro atoms. The van der Waals surface area contributed by atoms with E-state index >= 15 is 0 Å². The quantitative estimate of drug-likeness (QED) is 0.627. The Balaban J connectivity index is 1.89. The zero-order chi connectivity index (χ0) is 19.3. The Morgan fingerprint density at radius 1 is 1.19 bits per heavy atom. The fourth-order valence-electron chi connectivity index (χ4n) is 2.71. The van der Waals surface area contributed by atoms with Crippen molar-refractivity contribution in [1.29, 1.82) is 0 Å². The van der Waals surface area contributed by atoms with Crippen LogP contribution in [-0.2, 0) is 6.18 Å². The highest BCUT2D eigenvalue weighted by Crippen LogP contribution is 2.40. The van der Waals surface area contributed by atoms with Crippen molar-refractivity contribution in [2.45, 2.75) is 25.1 Å². The minimum Gasteiger partial charge on any atom is -0.397 e. The number of alkyl halides is 3. The van der Waals surface area contributed by atoms with Crippen molar-refractivity contribution < 1.29 is 18.0 Å². The third-order valence-electron chi connectivity index (χ3n) is 4.21. The van der Waals surface area contributed by atoms with Crippen molar-refractivity contribution in [3.63, 3.8) is 0 Å². The Hall–Kier alpha value is -2.88. The molecule has 1 fully saturated rings. The van der Waals surface area contributed by atoms with Gasteiger partial charge in [0.05, 0.1) is 22.3 Å². The molecule has 0 unspecified atom stereocenters. The highest BCUT2D eigenvalue weighted by atomic mass is 32.1. The van der Waals surface area contributed by atoms with Gasteiger partial charge in [-0.05, 0) is 25.0 Å². The first-order chi connectivity index (χ1) is 12.7. The molecule has 2 heterocycles.